The number of hydrogen-bond donors (Lipinski definition) is 0. The molecular weight excluding hydrogens is 894 g/mol. The molecule has 0 saturated carbocycles. The van der Waals surface area contributed by atoms with Crippen LogP contribution in [0, 0.1) is 0 Å². The third-order valence-electron chi connectivity index (χ3n) is 10.0. The summed E-state index contributed by atoms with van der Waals surface area (Å²) in [7, 11) is 1.08. The van der Waals surface area contributed by atoms with Gasteiger partial charge in [0.2, 0.25) is 0 Å². The van der Waals surface area contributed by atoms with Crippen LogP contribution in [0.2, 0.25) is 0 Å². The summed E-state index contributed by atoms with van der Waals surface area (Å²) in [6, 6.07) is 0. The molecule has 0 aliphatic heterocycles. The molecule has 0 aliphatic rings. The molecule has 392 valence electrons. The summed E-state index contributed by atoms with van der Waals surface area (Å²) >= 11 is 0. The van der Waals surface area contributed by atoms with E-state index in [2.05, 4.69) is 172 Å². The fourth-order valence-corrected chi connectivity index (χ4v) is 6.78. The highest BCUT2D eigenvalue weighted by Gasteiger charge is 2.21. The molecule has 0 rings (SSSR count). The molecule has 0 aromatic heterocycles. The van der Waals surface area contributed by atoms with Crippen molar-refractivity contribution in [3.05, 3.63) is 158 Å². The Morgan fingerprint density at radius 3 is 1.14 bits per heavy atom. The average Bonchev–Trinajstić information content (AvgIpc) is 3.32. The number of ether oxygens (including phenoxy) is 2. The third-order valence-corrected chi connectivity index (χ3v) is 11.0. The van der Waals surface area contributed by atoms with Gasteiger partial charge in [-0.25, -0.2) is 0 Å². The summed E-state index contributed by atoms with van der Waals surface area (Å²) in [6.07, 6.45) is 74.3. The van der Waals surface area contributed by atoms with Crippen molar-refractivity contribution in [1.29, 1.82) is 0 Å². The molecule has 10 heteroatoms. The van der Waals surface area contributed by atoms with E-state index in [1.54, 1.807) is 0 Å². The van der Waals surface area contributed by atoms with E-state index in [9.17, 15) is 19.0 Å². The maximum absolute atomic E-state index is 12.7. The first-order valence-electron chi connectivity index (χ1n) is 26.2. The molecule has 0 bridgehead atoms. The largest absolute Gasteiger partial charge is 0.756 e. The minimum absolute atomic E-state index is 0.0557. The highest BCUT2D eigenvalue weighted by atomic mass is 31.2. The van der Waals surface area contributed by atoms with Gasteiger partial charge < -0.3 is 27.9 Å². The van der Waals surface area contributed by atoms with E-state index in [0.717, 1.165) is 116 Å². The number of carbonyl (C=O) groups excluding carboxylic acids is 2. The van der Waals surface area contributed by atoms with Crippen LogP contribution in [0.3, 0.4) is 0 Å². The molecule has 0 spiro atoms. The highest BCUT2D eigenvalue weighted by Crippen LogP contribution is 2.38. The van der Waals surface area contributed by atoms with Gasteiger partial charge in [-0.15, -0.1) is 0 Å². The van der Waals surface area contributed by atoms with Crippen LogP contribution in [0.1, 0.15) is 155 Å². The van der Waals surface area contributed by atoms with Crippen LogP contribution in [0.15, 0.2) is 158 Å². The Morgan fingerprint density at radius 2 is 0.771 bits per heavy atom. The zero-order valence-electron chi connectivity index (χ0n) is 44.1. The van der Waals surface area contributed by atoms with Crippen molar-refractivity contribution in [2.45, 2.75) is 161 Å². The van der Waals surface area contributed by atoms with Crippen molar-refractivity contribution in [1.82, 2.24) is 0 Å². The molecular formula is C60H94NO8P. The maximum Gasteiger partial charge on any atom is 0.306 e. The topological polar surface area (TPSA) is 111 Å². The average molecular weight is 988 g/mol. The fourth-order valence-electron chi connectivity index (χ4n) is 6.05. The van der Waals surface area contributed by atoms with Crippen molar-refractivity contribution < 1.29 is 42.1 Å². The van der Waals surface area contributed by atoms with Crippen LogP contribution in [0.25, 0.3) is 0 Å². The van der Waals surface area contributed by atoms with E-state index in [0.29, 0.717) is 23.9 Å². The van der Waals surface area contributed by atoms with Gasteiger partial charge in [-0.05, 0) is 122 Å². The lowest BCUT2D eigenvalue weighted by Crippen LogP contribution is -2.37. The zero-order valence-corrected chi connectivity index (χ0v) is 45.0. The first kappa shape index (κ1) is 65.6. The molecule has 0 N–H and O–H groups in total. The van der Waals surface area contributed by atoms with Gasteiger partial charge in [0.25, 0.3) is 7.82 Å². The number of esters is 2. The minimum Gasteiger partial charge on any atom is -0.756 e. The Bertz CT molecular complexity index is 1730. The van der Waals surface area contributed by atoms with E-state index in [-0.39, 0.29) is 26.1 Å². The Morgan fingerprint density at radius 1 is 0.443 bits per heavy atom. The van der Waals surface area contributed by atoms with Crippen LogP contribution in [0.5, 0.6) is 0 Å². The molecule has 0 aromatic carbocycles. The number of phosphoric ester groups is 1. The van der Waals surface area contributed by atoms with E-state index >= 15 is 0 Å². The summed E-state index contributed by atoms with van der Waals surface area (Å²) in [5.41, 5.74) is 0. The van der Waals surface area contributed by atoms with Crippen molar-refractivity contribution >= 4 is 19.8 Å². The molecule has 70 heavy (non-hydrogen) atoms. The van der Waals surface area contributed by atoms with Gasteiger partial charge in [-0.1, -0.05) is 178 Å². The van der Waals surface area contributed by atoms with Crippen LogP contribution >= 0.6 is 7.82 Å². The summed E-state index contributed by atoms with van der Waals surface area (Å²) in [5, 5.41) is 0. The lowest BCUT2D eigenvalue weighted by molar-refractivity contribution is -0.870. The maximum atomic E-state index is 12.7. The van der Waals surface area contributed by atoms with Crippen molar-refractivity contribution in [3.8, 4) is 0 Å². The molecule has 0 saturated heterocycles. The lowest BCUT2D eigenvalue weighted by Gasteiger charge is -2.28. The molecule has 0 aromatic rings. The molecule has 0 aliphatic carbocycles. The second-order valence-corrected chi connectivity index (χ2v) is 19.2. The number of carbonyl (C=O) groups is 2. The number of nitrogens with zero attached hydrogens (tertiary/aromatic N) is 1. The third kappa shape index (κ3) is 53.0. The summed E-state index contributed by atoms with van der Waals surface area (Å²) in [6.45, 7) is 3.87. The number of likely N-dealkylation sites (N-methyl/N-ethyl adjacent to an activating group) is 1. The summed E-state index contributed by atoms with van der Waals surface area (Å²) in [5.74, 6) is -0.941. The fraction of sp³-hybridized carbons (Fsp3) is 0.533. The number of unbranched alkanes of at least 4 members (excludes halogenated alkanes) is 5. The first-order chi connectivity index (χ1) is 34.0. The highest BCUT2D eigenvalue weighted by molar-refractivity contribution is 7.45. The molecule has 0 radical (unpaired) electrons. The summed E-state index contributed by atoms with van der Waals surface area (Å²) in [4.78, 5) is 37.7. The Hall–Kier alpha value is -4.37. The number of hydrogen-bond acceptors (Lipinski definition) is 8. The molecule has 0 amide bonds. The van der Waals surface area contributed by atoms with Crippen LogP contribution in [0.4, 0.5) is 0 Å². The van der Waals surface area contributed by atoms with Gasteiger partial charge in [-0.3, -0.25) is 14.2 Å². The quantitative estimate of drug-likeness (QED) is 0.0195. The van der Waals surface area contributed by atoms with E-state index in [1.165, 1.54) is 0 Å². The molecule has 0 fully saturated rings. The molecule has 2 unspecified atom stereocenters. The standard InChI is InChI=1S/C60H94NO8P/c1-6-8-10-12-14-16-18-20-22-24-26-27-28-29-30-31-32-33-35-37-39-41-43-45-47-49-51-53-60(63)69-58(57-68-70(64,65)67-55-54-61(3,4)5)56-66-59(62)52-50-48-46-44-42-40-38-36-34-25-23-21-19-17-15-13-11-9-7-2/h8-11,14-17,20-23,26-27,29-30,32-34,36-37,39-40,42-43,45,58H,6-7,12-13,18-19,24-25,28,31,35,38,41,44,46-57H2,1-5H3/b10-8-,11-9-,16-14-,17-15-,22-20-,23-21-,27-26-,30-29-,33-32-,36-34-,39-37-,42-40-,45-43-. The Labute approximate surface area is 426 Å². The predicted molar refractivity (Wildman–Crippen MR) is 295 cm³/mol. The minimum atomic E-state index is -4.67. The second kappa shape index (κ2) is 49.6. The van der Waals surface area contributed by atoms with Crippen molar-refractivity contribution in [2.75, 3.05) is 47.5 Å². The van der Waals surface area contributed by atoms with Gasteiger partial charge in [-0.2, -0.15) is 0 Å². The molecule has 0 heterocycles. The van der Waals surface area contributed by atoms with Crippen LogP contribution < -0.4 is 4.89 Å². The lowest BCUT2D eigenvalue weighted by atomic mass is 10.1. The van der Waals surface area contributed by atoms with Gasteiger partial charge in [0.15, 0.2) is 6.10 Å². The number of allylic oxidation sites excluding steroid dienone is 26. The smallest absolute Gasteiger partial charge is 0.306 e. The first-order valence-corrected chi connectivity index (χ1v) is 27.7. The Kier molecular flexibility index (Phi) is 46.5. The summed E-state index contributed by atoms with van der Waals surface area (Å²) < 4.78 is 34.0. The van der Waals surface area contributed by atoms with Gasteiger partial charge >= 0.3 is 11.9 Å². The Balaban J connectivity index is 4.44. The van der Waals surface area contributed by atoms with E-state index in [4.69, 9.17) is 18.5 Å². The molecule has 2 atom stereocenters. The zero-order chi connectivity index (χ0) is 51.3. The number of quaternary nitrogens is 1. The molecule has 9 nitrogen and oxygen atoms in total. The number of phosphoric acid groups is 1. The van der Waals surface area contributed by atoms with Gasteiger partial charge in [0.05, 0.1) is 27.7 Å². The normalized spacial score (nSPS) is 14.7. The second-order valence-electron chi connectivity index (χ2n) is 17.8. The van der Waals surface area contributed by atoms with E-state index in [1.807, 2.05) is 21.1 Å². The van der Waals surface area contributed by atoms with E-state index < -0.39 is 32.5 Å². The predicted octanol–water partition coefficient (Wildman–Crippen LogP) is 15.5. The number of rotatable bonds is 45. The van der Waals surface area contributed by atoms with Crippen LogP contribution in [-0.4, -0.2) is 70.0 Å². The van der Waals surface area contributed by atoms with Crippen LogP contribution in [-0.2, 0) is 32.7 Å². The van der Waals surface area contributed by atoms with Crippen molar-refractivity contribution in [2.24, 2.45) is 0 Å². The SMILES string of the molecule is CC/C=C\C/C=C\C/C=C\C/C=C\C/C=C\C/C=C\C/C=C\C/C=C\CCCCC(=O)OC(COC(=O)CCCCC/C=C\C/C=C\C/C=C\C/C=C\C/C=C\CC)COP(=O)([O-])OCC[N+](C)(C)C. The van der Waals surface area contributed by atoms with Gasteiger partial charge in [0.1, 0.15) is 19.8 Å². The van der Waals surface area contributed by atoms with Gasteiger partial charge in [0, 0.05) is 12.8 Å². The monoisotopic (exact) mass is 988 g/mol. The van der Waals surface area contributed by atoms with Crippen molar-refractivity contribution in [3.63, 3.8) is 0 Å².